The molecular formula is C10H15N3O2S. The molecule has 1 aromatic rings. The van der Waals surface area contributed by atoms with Crippen LogP contribution in [-0.2, 0) is 6.54 Å². The maximum Gasteiger partial charge on any atom is 0.329 e. The third-order valence-electron chi connectivity index (χ3n) is 2.85. The fraction of sp³-hybridized carbons (Fsp3) is 0.600. The van der Waals surface area contributed by atoms with Gasteiger partial charge in [-0.3, -0.25) is 14.3 Å². The lowest BCUT2D eigenvalue weighted by atomic mass is 10.0. The number of thioether (sulfide) groups is 1. The van der Waals surface area contributed by atoms with Crippen LogP contribution in [0.4, 0.5) is 5.82 Å². The summed E-state index contributed by atoms with van der Waals surface area (Å²) in [7, 11) is 0. The molecule has 0 atom stereocenters. The van der Waals surface area contributed by atoms with Crippen LogP contribution >= 0.6 is 11.8 Å². The number of hydrogen-bond donors (Lipinski definition) is 2. The van der Waals surface area contributed by atoms with Crippen molar-refractivity contribution in [3.63, 3.8) is 0 Å². The van der Waals surface area contributed by atoms with E-state index in [0.29, 0.717) is 12.5 Å². The van der Waals surface area contributed by atoms with Crippen molar-refractivity contribution < 1.29 is 0 Å². The van der Waals surface area contributed by atoms with E-state index in [9.17, 15) is 9.59 Å². The number of anilines is 1. The van der Waals surface area contributed by atoms with E-state index in [1.54, 1.807) is 0 Å². The standard InChI is InChI=1S/C10H15N3O2S/c11-8-5-9(14)12-10(15)13(8)6-7-1-3-16-4-2-7/h5,7H,1-4,6,11H2,(H,12,14,15). The fourth-order valence-electron chi connectivity index (χ4n) is 1.91. The van der Waals surface area contributed by atoms with Crippen molar-refractivity contribution in [1.82, 2.24) is 9.55 Å². The number of nitrogens with two attached hydrogens (primary N) is 1. The predicted molar refractivity (Wildman–Crippen MR) is 65.8 cm³/mol. The summed E-state index contributed by atoms with van der Waals surface area (Å²) in [6, 6.07) is 1.26. The Balaban J connectivity index is 2.20. The summed E-state index contributed by atoms with van der Waals surface area (Å²) < 4.78 is 1.46. The Bertz CT molecular complexity index is 474. The monoisotopic (exact) mass is 241 g/mol. The summed E-state index contributed by atoms with van der Waals surface area (Å²) in [6.45, 7) is 0.613. The summed E-state index contributed by atoms with van der Waals surface area (Å²) in [4.78, 5) is 24.8. The maximum atomic E-state index is 11.6. The van der Waals surface area contributed by atoms with Crippen LogP contribution in [-0.4, -0.2) is 21.1 Å². The van der Waals surface area contributed by atoms with Crippen molar-refractivity contribution in [2.45, 2.75) is 19.4 Å². The second-order valence-electron chi connectivity index (χ2n) is 4.03. The molecule has 1 aliphatic heterocycles. The zero-order chi connectivity index (χ0) is 11.5. The molecule has 2 rings (SSSR count). The number of nitrogen functional groups attached to an aromatic ring is 1. The number of hydrogen-bond acceptors (Lipinski definition) is 4. The van der Waals surface area contributed by atoms with Crippen molar-refractivity contribution in [2.24, 2.45) is 5.92 Å². The second kappa shape index (κ2) is 4.78. The number of H-pyrrole nitrogens is 1. The highest BCUT2D eigenvalue weighted by Gasteiger charge is 2.16. The lowest BCUT2D eigenvalue weighted by Gasteiger charge is -2.22. The highest BCUT2D eigenvalue weighted by atomic mass is 32.2. The summed E-state index contributed by atoms with van der Waals surface area (Å²) in [5, 5.41) is 0. The second-order valence-corrected chi connectivity index (χ2v) is 5.25. The highest BCUT2D eigenvalue weighted by molar-refractivity contribution is 7.99. The zero-order valence-corrected chi connectivity index (χ0v) is 9.76. The van der Waals surface area contributed by atoms with Crippen LogP contribution in [0.2, 0.25) is 0 Å². The van der Waals surface area contributed by atoms with Gasteiger partial charge in [0.1, 0.15) is 5.82 Å². The molecule has 1 aliphatic rings. The van der Waals surface area contributed by atoms with Crippen molar-refractivity contribution >= 4 is 17.6 Å². The molecular weight excluding hydrogens is 226 g/mol. The van der Waals surface area contributed by atoms with Gasteiger partial charge in [-0.05, 0) is 30.3 Å². The van der Waals surface area contributed by atoms with Crippen molar-refractivity contribution in [2.75, 3.05) is 17.2 Å². The Kier molecular flexibility index (Phi) is 3.38. The van der Waals surface area contributed by atoms with E-state index in [-0.39, 0.29) is 5.82 Å². The number of nitrogens with one attached hydrogen (secondary N) is 1. The lowest BCUT2D eigenvalue weighted by Crippen LogP contribution is -2.33. The van der Waals surface area contributed by atoms with E-state index in [2.05, 4.69) is 4.98 Å². The zero-order valence-electron chi connectivity index (χ0n) is 8.94. The van der Waals surface area contributed by atoms with Gasteiger partial charge in [0, 0.05) is 12.6 Å². The van der Waals surface area contributed by atoms with E-state index in [0.717, 1.165) is 24.3 Å². The molecule has 88 valence electrons. The normalized spacial score (nSPS) is 17.5. The molecule has 0 spiro atoms. The SMILES string of the molecule is Nc1cc(=O)[nH]c(=O)n1CC1CCSCC1. The highest BCUT2D eigenvalue weighted by Crippen LogP contribution is 2.23. The Hall–Kier alpha value is -1.17. The summed E-state index contributed by atoms with van der Waals surface area (Å²) in [6.07, 6.45) is 2.21. The molecule has 1 aromatic heterocycles. The van der Waals surface area contributed by atoms with Crippen LogP contribution in [0.5, 0.6) is 0 Å². The molecule has 0 amide bonds. The van der Waals surface area contributed by atoms with Gasteiger partial charge in [0.05, 0.1) is 0 Å². The van der Waals surface area contributed by atoms with Crippen molar-refractivity contribution in [3.05, 3.63) is 26.9 Å². The van der Waals surface area contributed by atoms with Crippen LogP contribution in [0.3, 0.4) is 0 Å². The van der Waals surface area contributed by atoms with E-state index in [1.807, 2.05) is 11.8 Å². The predicted octanol–water partition coefficient (Wildman–Crippen LogP) is 0.262. The molecule has 3 N–H and O–H groups in total. The first kappa shape index (κ1) is 11.3. The number of aromatic nitrogens is 2. The molecule has 0 aliphatic carbocycles. The first-order valence-electron chi connectivity index (χ1n) is 5.34. The van der Waals surface area contributed by atoms with E-state index >= 15 is 0 Å². The minimum absolute atomic E-state index is 0.256. The van der Waals surface area contributed by atoms with Crippen LogP contribution < -0.4 is 17.0 Å². The Morgan fingerprint density at radius 2 is 2.12 bits per heavy atom. The number of aromatic amines is 1. The third-order valence-corrected chi connectivity index (χ3v) is 3.90. The van der Waals surface area contributed by atoms with Crippen LogP contribution in [0.25, 0.3) is 0 Å². The average Bonchev–Trinajstić information content (AvgIpc) is 2.25. The third kappa shape index (κ3) is 2.49. The molecule has 6 heteroatoms. The number of rotatable bonds is 2. The van der Waals surface area contributed by atoms with Gasteiger partial charge >= 0.3 is 5.69 Å². The molecule has 0 unspecified atom stereocenters. The van der Waals surface area contributed by atoms with Gasteiger partial charge in [-0.15, -0.1) is 0 Å². The van der Waals surface area contributed by atoms with E-state index in [4.69, 9.17) is 5.73 Å². The molecule has 0 bridgehead atoms. The molecule has 0 saturated carbocycles. The Morgan fingerprint density at radius 1 is 1.44 bits per heavy atom. The molecule has 5 nitrogen and oxygen atoms in total. The minimum atomic E-state index is -0.432. The first-order valence-corrected chi connectivity index (χ1v) is 6.49. The van der Waals surface area contributed by atoms with Gasteiger partial charge in [-0.2, -0.15) is 11.8 Å². The van der Waals surface area contributed by atoms with Gasteiger partial charge in [-0.1, -0.05) is 0 Å². The van der Waals surface area contributed by atoms with Gasteiger partial charge in [-0.25, -0.2) is 4.79 Å². The molecule has 0 radical (unpaired) electrons. The van der Waals surface area contributed by atoms with Crippen LogP contribution in [0.15, 0.2) is 15.7 Å². The molecule has 0 aromatic carbocycles. The van der Waals surface area contributed by atoms with Crippen LogP contribution in [0.1, 0.15) is 12.8 Å². The summed E-state index contributed by atoms with van der Waals surface area (Å²) in [5.41, 5.74) is 4.84. The Labute approximate surface area is 97.1 Å². The first-order chi connectivity index (χ1) is 7.66. The topological polar surface area (TPSA) is 80.9 Å². The van der Waals surface area contributed by atoms with Gasteiger partial charge in [0.15, 0.2) is 0 Å². The maximum absolute atomic E-state index is 11.6. The van der Waals surface area contributed by atoms with E-state index < -0.39 is 11.2 Å². The van der Waals surface area contributed by atoms with Gasteiger partial charge < -0.3 is 5.73 Å². The molecule has 2 heterocycles. The minimum Gasteiger partial charge on any atom is -0.385 e. The summed E-state index contributed by atoms with van der Waals surface area (Å²) >= 11 is 1.94. The largest absolute Gasteiger partial charge is 0.385 e. The Morgan fingerprint density at radius 3 is 2.75 bits per heavy atom. The fourth-order valence-corrected chi connectivity index (χ4v) is 3.12. The van der Waals surface area contributed by atoms with E-state index in [1.165, 1.54) is 10.6 Å². The quantitative estimate of drug-likeness (QED) is 0.778. The molecule has 16 heavy (non-hydrogen) atoms. The smallest absolute Gasteiger partial charge is 0.329 e. The van der Waals surface area contributed by atoms with Crippen LogP contribution in [0, 0.1) is 5.92 Å². The summed E-state index contributed by atoms with van der Waals surface area (Å²) in [5.74, 6) is 3.03. The molecule has 1 fully saturated rings. The van der Waals surface area contributed by atoms with Crippen molar-refractivity contribution in [1.29, 1.82) is 0 Å². The molecule has 1 saturated heterocycles. The van der Waals surface area contributed by atoms with Gasteiger partial charge in [0.2, 0.25) is 0 Å². The van der Waals surface area contributed by atoms with Gasteiger partial charge in [0.25, 0.3) is 5.56 Å². The average molecular weight is 241 g/mol. The van der Waals surface area contributed by atoms with Crippen molar-refractivity contribution in [3.8, 4) is 0 Å². The lowest BCUT2D eigenvalue weighted by molar-refractivity contribution is 0.409. The number of nitrogens with zero attached hydrogens (tertiary/aromatic N) is 1.